The van der Waals surface area contributed by atoms with Crippen LogP contribution in [0.15, 0.2) is 18.2 Å². The van der Waals surface area contributed by atoms with E-state index in [0.717, 1.165) is 32.0 Å². The lowest BCUT2D eigenvalue weighted by Crippen LogP contribution is -2.37. The lowest BCUT2D eigenvalue weighted by Gasteiger charge is -2.31. The van der Waals surface area contributed by atoms with E-state index < -0.39 is 11.6 Å². The van der Waals surface area contributed by atoms with Crippen molar-refractivity contribution in [2.24, 2.45) is 0 Å². The second-order valence-corrected chi connectivity index (χ2v) is 4.81. The first kappa shape index (κ1) is 14.4. The van der Waals surface area contributed by atoms with Gasteiger partial charge < -0.3 is 9.84 Å². The van der Waals surface area contributed by atoms with Crippen LogP contribution in [0.5, 0.6) is 0 Å². The van der Waals surface area contributed by atoms with Gasteiger partial charge in [0.2, 0.25) is 0 Å². The van der Waals surface area contributed by atoms with Crippen LogP contribution in [0.1, 0.15) is 18.4 Å². The third-order valence-corrected chi connectivity index (χ3v) is 3.39. The molecule has 1 fully saturated rings. The second kappa shape index (κ2) is 6.93. The standard InChI is InChI=1S/C14H19F2NO2/c15-12-2-1-11(14(16)9-12)10-17-5-3-13(4-6-17)19-8-7-18/h1-2,9,13,18H,3-8,10H2. The normalized spacial score (nSPS) is 17.8. The minimum absolute atomic E-state index is 0.0427. The van der Waals surface area contributed by atoms with Gasteiger partial charge in [-0.2, -0.15) is 0 Å². The fraction of sp³-hybridized carbons (Fsp3) is 0.571. The molecule has 0 atom stereocenters. The number of halogens is 2. The monoisotopic (exact) mass is 271 g/mol. The Morgan fingerprint density at radius 3 is 2.63 bits per heavy atom. The van der Waals surface area contributed by atoms with Crippen molar-refractivity contribution in [1.29, 1.82) is 0 Å². The quantitative estimate of drug-likeness (QED) is 0.888. The first-order valence-corrected chi connectivity index (χ1v) is 6.58. The predicted molar refractivity (Wildman–Crippen MR) is 67.7 cm³/mol. The number of hydrogen-bond donors (Lipinski definition) is 1. The van der Waals surface area contributed by atoms with Crippen LogP contribution in [-0.4, -0.2) is 42.4 Å². The molecule has 106 valence electrons. The van der Waals surface area contributed by atoms with Gasteiger partial charge in [0.1, 0.15) is 11.6 Å². The third kappa shape index (κ3) is 4.23. The van der Waals surface area contributed by atoms with E-state index in [9.17, 15) is 8.78 Å². The molecule has 5 heteroatoms. The Hall–Kier alpha value is -1.04. The molecule has 1 saturated heterocycles. The molecule has 1 heterocycles. The molecule has 1 aromatic rings. The number of piperidine rings is 1. The number of aliphatic hydroxyl groups excluding tert-OH is 1. The van der Waals surface area contributed by atoms with Crippen LogP contribution < -0.4 is 0 Å². The summed E-state index contributed by atoms with van der Waals surface area (Å²) >= 11 is 0. The van der Waals surface area contributed by atoms with Gasteiger partial charge in [-0.3, -0.25) is 4.90 Å². The zero-order chi connectivity index (χ0) is 13.7. The van der Waals surface area contributed by atoms with Crippen LogP contribution in [0.2, 0.25) is 0 Å². The van der Waals surface area contributed by atoms with Gasteiger partial charge in [0.05, 0.1) is 19.3 Å². The molecule has 0 unspecified atom stereocenters. The topological polar surface area (TPSA) is 32.7 Å². The summed E-state index contributed by atoms with van der Waals surface area (Å²) in [7, 11) is 0. The average Bonchev–Trinajstić information content (AvgIpc) is 2.41. The highest BCUT2D eigenvalue weighted by Gasteiger charge is 2.20. The molecular formula is C14H19F2NO2. The van der Waals surface area contributed by atoms with Crippen molar-refractivity contribution in [2.45, 2.75) is 25.5 Å². The molecule has 1 N–H and O–H groups in total. The SMILES string of the molecule is OCCOC1CCN(Cc2ccc(F)cc2F)CC1. The van der Waals surface area contributed by atoms with E-state index in [1.165, 1.54) is 12.1 Å². The summed E-state index contributed by atoms with van der Waals surface area (Å²) in [5.74, 6) is -1.03. The van der Waals surface area contributed by atoms with Crippen molar-refractivity contribution >= 4 is 0 Å². The minimum Gasteiger partial charge on any atom is -0.394 e. The van der Waals surface area contributed by atoms with Crippen LogP contribution in [0, 0.1) is 11.6 Å². The van der Waals surface area contributed by atoms with Crippen molar-refractivity contribution in [3.8, 4) is 0 Å². The summed E-state index contributed by atoms with van der Waals surface area (Å²) in [6.45, 7) is 2.57. The fourth-order valence-corrected chi connectivity index (χ4v) is 2.34. The first-order chi connectivity index (χ1) is 9.19. The molecule has 0 spiro atoms. The molecule has 0 aromatic heterocycles. The fourth-order valence-electron chi connectivity index (χ4n) is 2.34. The van der Waals surface area contributed by atoms with Crippen LogP contribution in [0.3, 0.4) is 0 Å². The molecule has 0 amide bonds. The molecule has 19 heavy (non-hydrogen) atoms. The lowest BCUT2D eigenvalue weighted by molar-refractivity contribution is -0.00915. The van der Waals surface area contributed by atoms with Gasteiger partial charge in [-0.1, -0.05) is 6.07 Å². The molecule has 1 aliphatic rings. The first-order valence-electron chi connectivity index (χ1n) is 6.58. The van der Waals surface area contributed by atoms with Crippen molar-refractivity contribution in [2.75, 3.05) is 26.3 Å². The van der Waals surface area contributed by atoms with Gasteiger partial charge in [-0.05, 0) is 18.9 Å². The van der Waals surface area contributed by atoms with Crippen LogP contribution in [0.25, 0.3) is 0 Å². The number of hydrogen-bond acceptors (Lipinski definition) is 3. The zero-order valence-electron chi connectivity index (χ0n) is 10.8. The smallest absolute Gasteiger partial charge is 0.130 e. The Bertz CT molecular complexity index is 406. The van der Waals surface area contributed by atoms with Gasteiger partial charge in [0, 0.05) is 31.3 Å². The second-order valence-electron chi connectivity index (χ2n) is 4.81. The molecule has 1 aromatic carbocycles. The Morgan fingerprint density at radius 1 is 1.26 bits per heavy atom. The van der Waals surface area contributed by atoms with Gasteiger partial charge in [-0.25, -0.2) is 8.78 Å². The highest BCUT2D eigenvalue weighted by Crippen LogP contribution is 2.18. The minimum atomic E-state index is -0.544. The van der Waals surface area contributed by atoms with E-state index in [2.05, 4.69) is 4.90 Å². The van der Waals surface area contributed by atoms with Gasteiger partial charge >= 0.3 is 0 Å². The Balaban J connectivity index is 1.82. The van der Waals surface area contributed by atoms with Crippen LogP contribution in [-0.2, 0) is 11.3 Å². The summed E-state index contributed by atoms with van der Waals surface area (Å²) in [6, 6.07) is 3.71. The number of rotatable bonds is 5. The van der Waals surface area contributed by atoms with Crippen molar-refractivity contribution < 1.29 is 18.6 Å². The van der Waals surface area contributed by atoms with Gasteiger partial charge in [0.15, 0.2) is 0 Å². The van der Waals surface area contributed by atoms with E-state index in [-0.39, 0.29) is 12.7 Å². The Kier molecular flexibility index (Phi) is 5.24. The highest BCUT2D eigenvalue weighted by atomic mass is 19.1. The summed E-state index contributed by atoms with van der Waals surface area (Å²) in [6.07, 6.45) is 1.94. The van der Waals surface area contributed by atoms with Crippen molar-refractivity contribution in [1.82, 2.24) is 4.90 Å². The number of ether oxygens (including phenoxy) is 1. The Morgan fingerprint density at radius 2 is 2.00 bits per heavy atom. The van der Waals surface area contributed by atoms with Crippen LogP contribution in [0.4, 0.5) is 8.78 Å². The van der Waals surface area contributed by atoms with E-state index in [1.54, 1.807) is 0 Å². The van der Waals surface area contributed by atoms with Crippen molar-refractivity contribution in [3.63, 3.8) is 0 Å². The average molecular weight is 271 g/mol. The maximum atomic E-state index is 13.5. The molecular weight excluding hydrogens is 252 g/mol. The van der Waals surface area contributed by atoms with Crippen molar-refractivity contribution in [3.05, 3.63) is 35.4 Å². The highest BCUT2D eigenvalue weighted by molar-refractivity contribution is 5.18. The summed E-state index contributed by atoms with van der Waals surface area (Å²) in [5.41, 5.74) is 0.524. The maximum Gasteiger partial charge on any atom is 0.130 e. The largest absolute Gasteiger partial charge is 0.394 e. The number of likely N-dealkylation sites (tertiary alicyclic amines) is 1. The van der Waals surface area contributed by atoms with E-state index in [1.807, 2.05) is 0 Å². The molecule has 0 radical (unpaired) electrons. The predicted octanol–water partition coefficient (Wildman–Crippen LogP) is 1.94. The maximum absolute atomic E-state index is 13.5. The lowest BCUT2D eigenvalue weighted by atomic mass is 10.1. The summed E-state index contributed by atoms with van der Waals surface area (Å²) in [5, 5.41) is 8.69. The van der Waals surface area contributed by atoms with E-state index in [4.69, 9.17) is 9.84 Å². The molecule has 3 nitrogen and oxygen atoms in total. The van der Waals surface area contributed by atoms with Gasteiger partial charge in [-0.15, -0.1) is 0 Å². The molecule has 0 aliphatic carbocycles. The number of aliphatic hydroxyl groups is 1. The zero-order valence-corrected chi connectivity index (χ0v) is 10.8. The van der Waals surface area contributed by atoms with Gasteiger partial charge in [0.25, 0.3) is 0 Å². The summed E-state index contributed by atoms with van der Waals surface area (Å²) in [4.78, 5) is 2.13. The third-order valence-electron chi connectivity index (χ3n) is 3.39. The van der Waals surface area contributed by atoms with E-state index in [0.29, 0.717) is 18.7 Å². The molecule has 0 saturated carbocycles. The molecule has 2 rings (SSSR count). The molecule has 1 aliphatic heterocycles. The summed E-state index contributed by atoms with van der Waals surface area (Å²) < 4.78 is 31.8. The number of nitrogens with zero attached hydrogens (tertiary/aromatic N) is 1. The number of benzene rings is 1. The Labute approximate surface area is 111 Å². The van der Waals surface area contributed by atoms with E-state index >= 15 is 0 Å². The molecule has 0 bridgehead atoms. The van der Waals surface area contributed by atoms with Crippen LogP contribution >= 0.6 is 0 Å².